The van der Waals surface area contributed by atoms with Crippen molar-refractivity contribution in [3.8, 4) is 27.9 Å². The average molecular weight is 914 g/mol. The van der Waals surface area contributed by atoms with Crippen LogP contribution in [0.1, 0.15) is 103 Å². The maximum Gasteiger partial charge on any atom is 0.197 e. The lowest BCUT2D eigenvalue weighted by Gasteiger charge is -2.41. The molecule has 14 rings (SSSR count). The van der Waals surface area contributed by atoms with E-state index >= 15 is 0 Å². The van der Waals surface area contributed by atoms with Crippen molar-refractivity contribution in [1.82, 2.24) is 4.57 Å². The van der Waals surface area contributed by atoms with Gasteiger partial charge in [-0.05, 0) is 140 Å². The Morgan fingerprint density at radius 1 is 0.515 bits per heavy atom. The Balaban J connectivity index is 1.06. The first-order chi connectivity index (χ1) is 32.5. The summed E-state index contributed by atoms with van der Waals surface area (Å²) >= 11 is 3.85. The molecule has 8 aromatic carbocycles. The molecule has 11 aromatic rings. The summed E-state index contributed by atoms with van der Waals surface area (Å²) in [5.41, 5.74) is 21.2. The van der Waals surface area contributed by atoms with E-state index in [4.69, 9.17) is 0 Å². The van der Waals surface area contributed by atoms with Crippen molar-refractivity contribution in [2.75, 3.05) is 5.32 Å². The topological polar surface area (TPSA) is 17.0 Å². The largest absolute Gasteiger partial charge is 0.355 e. The number of rotatable bonds is 3. The van der Waals surface area contributed by atoms with Gasteiger partial charge in [0.1, 0.15) is 0 Å². The highest BCUT2D eigenvalue weighted by atomic mass is 32.1. The fourth-order valence-electron chi connectivity index (χ4n) is 12.6. The second kappa shape index (κ2) is 13.6. The molecule has 0 bridgehead atoms. The number of hydrogen-bond donors (Lipinski definition) is 1. The monoisotopic (exact) mass is 913 g/mol. The van der Waals surface area contributed by atoms with Gasteiger partial charge in [-0.1, -0.05) is 141 Å². The van der Waals surface area contributed by atoms with Crippen LogP contribution in [0.5, 0.6) is 0 Å². The Morgan fingerprint density at radius 3 is 1.99 bits per heavy atom. The van der Waals surface area contributed by atoms with Crippen LogP contribution in [0.4, 0.5) is 11.4 Å². The van der Waals surface area contributed by atoms with Gasteiger partial charge in [-0.15, -0.1) is 22.7 Å². The normalized spacial score (nSPS) is 16.4. The molecule has 2 nitrogen and oxygen atoms in total. The molecule has 0 spiro atoms. The first kappa shape index (κ1) is 40.9. The van der Waals surface area contributed by atoms with Crippen LogP contribution in [0.2, 0.25) is 0 Å². The van der Waals surface area contributed by atoms with Crippen molar-refractivity contribution < 1.29 is 0 Å². The summed E-state index contributed by atoms with van der Waals surface area (Å²) in [4.78, 5) is 0. The van der Waals surface area contributed by atoms with E-state index in [0.29, 0.717) is 0 Å². The number of thiophene rings is 2. The third-order valence-corrected chi connectivity index (χ3v) is 18.9. The lowest BCUT2D eigenvalue weighted by atomic mass is 9.58. The summed E-state index contributed by atoms with van der Waals surface area (Å²) in [6.45, 7) is 21.5. The summed E-state index contributed by atoms with van der Waals surface area (Å²) < 4.78 is 7.99. The summed E-state index contributed by atoms with van der Waals surface area (Å²) in [6.07, 6.45) is 2.41. The van der Waals surface area contributed by atoms with Crippen LogP contribution >= 0.6 is 22.7 Å². The Labute approximate surface area is 407 Å². The molecule has 1 N–H and O–H groups in total. The molecule has 0 amide bonds. The molecule has 1 radical (unpaired) electrons. The standard InChI is InChI=1S/C63H54BN2S2/c1-60(2,3)34-18-20-35(21-19-34)65-51-32-56-44(45-28-48-49(31-55(45)68-56)62(6,7)25-24-61(48,4)5)26-41(51)38-22-23-39-42-27-43-37-15-11-13-17-54(37)67-57(43)33-52(42)66-53-29-40-36-14-10-12-16-46(36)63(8,9)47(40)30-50(53)64-58(38)59(39)66/h10-23,26-33,65H,24-25H2,1-9H3. The van der Waals surface area contributed by atoms with Crippen LogP contribution in [-0.2, 0) is 21.7 Å². The van der Waals surface area contributed by atoms with Crippen molar-refractivity contribution >= 4 is 114 Å². The molecule has 4 heterocycles. The van der Waals surface area contributed by atoms with Gasteiger partial charge >= 0.3 is 0 Å². The maximum absolute atomic E-state index is 4.02. The van der Waals surface area contributed by atoms with Crippen LogP contribution in [-0.4, -0.2) is 11.8 Å². The van der Waals surface area contributed by atoms with Crippen LogP contribution in [0.25, 0.3) is 90.1 Å². The van der Waals surface area contributed by atoms with Gasteiger partial charge in [0, 0.05) is 84.7 Å². The van der Waals surface area contributed by atoms with Gasteiger partial charge in [0.15, 0.2) is 7.28 Å². The number of anilines is 2. The minimum Gasteiger partial charge on any atom is -0.355 e. The number of aromatic nitrogens is 1. The smallest absolute Gasteiger partial charge is 0.197 e. The van der Waals surface area contributed by atoms with Gasteiger partial charge in [-0.2, -0.15) is 0 Å². The van der Waals surface area contributed by atoms with E-state index in [0.717, 1.165) is 11.4 Å². The van der Waals surface area contributed by atoms with Gasteiger partial charge in [0.05, 0.1) is 5.52 Å². The predicted octanol–water partition coefficient (Wildman–Crippen LogP) is 16.9. The number of nitrogens with zero attached hydrogens (tertiary/aromatic N) is 1. The summed E-state index contributed by atoms with van der Waals surface area (Å²) in [5.74, 6) is 0. The molecule has 0 fully saturated rings. The molecule has 1 aliphatic heterocycles. The van der Waals surface area contributed by atoms with Crippen molar-refractivity contribution in [3.05, 3.63) is 161 Å². The van der Waals surface area contributed by atoms with Gasteiger partial charge < -0.3 is 9.88 Å². The zero-order valence-corrected chi connectivity index (χ0v) is 42.1. The second-order valence-corrected chi connectivity index (χ2v) is 25.3. The summed E-state index contributed by atoms with van der Waals surface area (Å²) in [7, 11) is 2.53. The number of hydrogen-bond acceptors (Lipinski definition) is 3. The van der Waals surface area contributed by atoms with Crippen molar-refractivity contribution in [2.24, 2.45) is 0 Å². The SMILES string of the molecule is CC(C)(C)c1ccc(Nc2cc3sc4cc5c(cc4c3cc2-c2ccc3c4cc6c(cc4n4c3c2[B]c2cc3c(cc2-4)-c2ccccc2C3(C)C)sc2ccccc26)C(C)(C)CCC5(C)C)cc1. The predicted molar refractivity (Wildman–Crippen MR) is 298 cm³/mol. The second-order valence-electron chi connectivity index (χ2n) is 23.1. The minimum atomic E-state index is -0.112. The zero-order chi connectivity index (χ0) is 46.4. The quantitative estimate of drug-likeness (QED) is 0.175. The van der Waals surface area contributed by atoms with Crippen molar-refractivity contribution in [3.63, 3.8) is 0 Å². The van der Waals surface area contributed by atoms with Crippen LogP contribution in [0, 0.1) is 0 Å². The van der Waals surface area contributed by atoms with Crippen LogP contribution in [0.3, 0.4) is 0 Å². The van der Waals surface area contributed by atoms with Gasteiger partial charge in [0.2, 0.25) is 0 Å². The third-order valence-electron chi connectivity index (χ3n) is 16.6. The molecule has 2 aliphatic carbocycles. The lowest BCUT2D eigenvalue weighted by molar-refractivity contribution is 0.332. The van der Waals surface area contributed by atoms with E-state index < -0.39 is 0 Å². The Bertz CT molecular complexity index is 4030. The molecule has 0 unspecified atom stereocenters. The van der Waals surface area contributed by atoms with E-state index in [9.17, 15) is 0 Å². The third kappa shape index (κ3) is 5.64. The number of fused-ring (bicyclic) bond motifs is 15. The van der Waals surface area contributed by atoms with Gasteiger partial charge in [-0.25, -0.2) is 0 Å². The minimum absolute atomic E-state index is 0.0744. The molecule has 0 atom stereocenters. The average Bonchev–Trinajstić information content (AvgIpc) is 4.02. The van der Waals surface area contributed by atoms with Crippen LogP contribution in [0.15, 0.2) is 133 Å². The Morgan fingerprint density at radius 2 is 1.19 bits per heavy atom. The highest BCUT2D eigenvalue weighted by Crippen LogP contribution is 2.52. The molecule has 331 valence electrons. The van der Waals surface area contributed by atoms with Crippen molar-refractivity contribution in [2.45, 2.75) is 96.8 Å². The lowest BCUT2D eigenvalue weighted by Crippen LogP contribution is -2.38. The zero-order valence-electron chi connectivity index (χ0n) is 40.5. The molecule has 3 aromatic heterocycles. The maximum atomic E-state index is 4.02. The van der Waals surface area contributed by atoms with E-state index in [2.05, 4.69) is 213 Å². The number of nitrogens with one attached hydrogen (secondary N) is 1. The molecular formula is C63H54BN2S2. The summed E-state index contributed by atoms with van der Waals surface area (Å²) in [6, 6.07) is 52.1. The first-order valence-corrected chi connectivity index (χ1v) is 26.2. The fourth-order valence-corrected chi connectivity index (χ4v) is 14.9. The molecule has 0 saturated heterocycles. The fraction of sp³-hybridized carbons (Fsp3) is 0.238. The molecular weight excluding hydrogens is 860 g/mol. The number of benzene rings is 8. The van der Waals surface area contributed by atoms with E-state index in [-0.39, 0.29) is 21.7 Å². The first-order valence-electron chi connectivity index (χ1n) is 24.5. The Kier molecular flexibility index (Phi) is 8.15. The Hall–Kier alpha value is -6.14. The van der Waals surface area contributed by atoms with Gasteiger partial charge in [-0.3, -0.25) is 0 Å². The molecule has 0 saturated carbocycles. The highest BCUT2D eigenvalue weighted by molar-refractivity contribution is 7.26. The van der Waals surface area contributed by atoms with Gasteiger partial charge in [0.25, 0.3) is 0 Å². The molecule has 5 heteroatoms. The van der Waals surface area contributed by atoms with E-state index in [1.807, 2.05) is 22.7 Å². The highest BCUT2D eigenvalue weighted by Gasteiger charge is 2.39. The molecule has 3 aliphatic rings. The van der Waals surface area contributed by atoms with Crippen molar-refractivity contribution in [1.29, 1.82) is 0 Å². The molecule has 68 heavy (non-hydrogen) atoms. The summed E-state index contributed by atoms with van der Waals surface area (Å²) in [5, 5.41) is 12.0. The van der Waals surface area contributed by atoms with E-state index in [1.165, 1.54) is 142 Å². The van der Waals surface area contributed by atoms with E-state index in [1.54, 1.807) is 0 Å². The van der Waals surface area contributed by atoms with Crippen LogP contribution < -0.4 is 16.2 Å².